The molecule has 0 fully saturated rings. The fraction of sp³-hybridized carbons (Fsp3) is 0.308. The van der Waals surface area contributed by atoms with Crippen LogP contribution in [0.3, 0.4) is 0 Å². The lowest BCUT2D eigenvalue weighted by Crippen LogP contribution is -2.05. The average molecular weight is 215 g/mol. The van der Waals surface area contributed by atoms with Crippen LogP contribution in [-0.2, 0) is 7.05 Å². The molecule has 0 amide bonds. The molecule has 0 spiro atoms. The summed E-state index contributed by atoms with van der Waals surface area (Å²) in [6, 6.07) is 8.66. The largest absolute Gasteiger partial charge is 0.378 e. The molecular formula is C13H17N3. The number of nitrogens with one attached hydrogen (secondary N) is 1. The predicted octanol–water partition coefficient (Wildman–Crippen LogP) is 2.90. The molecule has 84 valence electrons. The zero-order valence-electron chi connectivity index (χ0n) is 9.94. The molecule has 0 aliphatic carbocycles. The number of hydrogen-bond donors (Lipinski definition) is 1. The van der Waals surface area contributed by atoms with Crippen LogP contribution in [0.5, 0.6) is 0 Å². The number of aromatic nitrogens is 2. The van der Waals surface area contributed by atoms with Crippen molar-refractivity contribution < 1.29 is 0 Å². The fourth-order valence-electron chi connectivity index (χ4n) is 1.73. The molecule has 0 bridgehead atoms. The van der Waals surface area contributed by atoms with E-state index < -0.39 is 0 Å². The van der Waals surface area contributed by atoms with E-state index in [0.29, 0.717) is 0 Å². The Kier molecular flexibility index (Phi) is 2.95. The normalized spacial score (nSPS) is 12.4. The summed E-state index contributed by atoms with van der Waals surface area (Å²) in [5.74, 6) is 0. The Morgan fingerprint density at radius 1 is 1.38 bits per heavy atom. The molecule has 0 radical (unpaired) electrons. The van der Waals surface area contributed by atoms with Crippen LogP contribution in [0, 0.1) is 6.92 Å². The summed E-state index contributed by atoms with van der Waals surface area (Å²) in [7, 11) is 1.93. The summed E-state index contributed by atoms with van der Waals surface area (Å²) in [4.78, 5) is 0. The van der Waals surface area contributed by atoms with Crippen LogP contribution in [0.25, 0.3) is 0 Å². The number of anilines is 1. The average Bonchev–Trinajstić information content (AvgIpc) is 2.65. The zero-order chi connectivity index (χ0) is 11.5. The molecule has 0 saturated heterocycles. The first-order chi connectivity index (χ1) is 7.65. The van der Waals surface area contributed by atoms with E-state index in [2.05, 4.69) is 48.5 Å². The Labute approximate surface area is 96.1 Å². The van der Waals surface area contributed by atoms with Gasteiger partial charge in [-0.15, -0.1) is 0 Å². The van der Waals surface area contributed by atoms with Gasteiger partial charge in [-0.1, -0.05) is 12.1 Å². The van der Waals surface area contributed by atoms with Crippen molar-refractivity contribution in [3.8, 4) is 0 Å². The van der Waals surface area contributed by atoms with Gasteiger partial charge in [0.2, 0.25) is 0 Å². The van der Waals surface area contributed by atoms with Gasteiger partial charge >= 0.3 is 0 Å². The standard InChI is InChI=1S/C13H17N3/c1-10-5-4-6-13(7-10)15-11(2)12-8-14-16(3)9-12/h4-9,11,15H,1-3H3. The minimum Gasteiger partial charge on any atom is -0.378 e. The van der Waals surface area contributed by atoms with Gasteiger partial charge in [0.1, 0.15) is 0 Å². The molecule has 1 N–H and O–H groups in total. The minimum atomic E-state index is 0.274. The van der Waals surface area contributed by atoms with Crippen molar-refractivity contribution in [1.29, 1.82) is 0 Å². The molecular weight excluding hydrogens is 198 g/mol. The van der Waals surface area contributed by atoms with Crippen molar-refractivity contribution >= 4 is 5.69 Å². The van der Waals surface area contributed by atoms with E-state index in [-0.39, 0.29) is 6.04 Å². The summed E-state index contributed by atoms with van der Waals surface area (Å²) in [6.07, 6.45) is 3.93. The highest BCUT2D eigenvalue weighted by atomic mass is 15.2. The monoisotopic (exact) mass is 215 g/mol. The Balaban J connectivity index is 2.10. The molecule has 1 atom stereocenters. The van der Waals surface area contributed by atoms with Crippen molar-refractivity contribution in [3.05, 3.63) is 47.8 Å². The number of rotatable bonds is 3. The van der Waals surface area contributed by atoms with Crippen LogP contribution < -0.4 is 5.32 Å². The Morgan fingerprint density at radius 2 is 2.19 bits per heavy atom. The number of benzene rings is 1. The smallest absolute Gasteiger partial charge is 0.0542 e. The van der Waals surface area contributed by atoms with Gasteiger partial charge in [0.05, 0.1) is 12.2 Å². The molecule has 1 aromatic carbocycles. The van der Waals surface area contributed by atoms with Crippen molar-refractivity contribution in [3.63, 3.8) is 0 Å². The molecule has 3 heteroatoms. The first kappa shape index (κ1) is 10.7. The van der Waals surface area contributed by atoms with Gasteiger partial charge in [0, 0.05) is 24.5 Å². The maximum atomic E-state index is 4.17. The third-order valence-corrected chi connectivity index (χ3v) is 2.63. The lowest BCUT2D eigenvalue weighted by Gasteiger charge is -2.13. The van der Waals surface area contributed by atoms with Crippen molar-refractivity contribution in [1.82, 2.24) is 9.78 Å². The van der Waals surface area contributed by atoms with Crippen molar-refractivity contribution in [2.75, 3.05) is 5.32 Å². The maximum absolute atomic E-state index is 4.17. The summed E-state index contributed by atoms with van der Waals surface area (Å²) in [6.45, 7) is 4.24. The molecule has 16 heavy (non-hydrogen) atoms. The quantitative estimate of drug-likeness (QED) is 0.853. The van der Waals surface area contributed by atoms with Crippen LogP contribution in [0.2, 0.25) is 0 Å². The highest BCUT2D eigenvalue weighted by Gasteiger charge is 2.06. The molecule has 1 unspecified atom stereocenters. The van der Waals surface area contributed by atoms with Gasteiger partial charge < -0.3 is 5.32 Å². The van der Waals surface area contributed by atoms with Crippen molar-refractivity contribution in [2.45, 2.75) is 19.9 Å². The number of aryl methyl sites for hydroxylation is 2. The molecule has 0 aliphatic heterocycles. The second-order valence-corrected chi connectivity index (χ2v) is 4.18. The third-order valence-electron chi connectivity index (χ3n) is 2.63. The lowest BCUT2D eigenvalue weighted by molar-refractivity contribution is 0.765. The highest BCUT2D eigenvalue weighted by Crippen LogP contribution is 2.19. The van der Waals surface area contributed by atoms with Crippen LogP contribution in [0.15, 0.2) is 36.7 Å². The van der Waals surface area contributed by atoms with Crippen LogP contribution in [0.4, 0.5) is 5.69 Å². The Morgan fingerprint density at radius 3 is 2.81 bits per heavy atom. The topological polar surface area (TPSA) is 29.9 Å². The SMILES string of the molecule is Cc1cccc(NC(C)c2cnn(C)c2)c1. The molecule has 1 aromatic heterocycles. The summed E-state index contributed by atoms with van der Waals surface area (Å²) >= 11 is 0. The van der Waals surface area contributed by atoms with Gasteiger partial charge in [-0.3, -0.25) is 4.68 Å². The van der Waals surface area contributed by atoms with Crippen LogP contribution in [-0.4, -0.2) is 9.78 Å². The summed E-state index contributed by atoms with van der Waals surface area (Å²) in [5, 5.41) is 7.63. The second kappa shape index (κ2) is 4.39. The van der Waals surface area contributed by atoms with Gasteiger partial charge in [0.15, 0.2) is 0 Å². The van der Waals surface area contributed by atoms with Gasteiger partial charge in [0.25, 0.3) is 0 Å². The lowest BCUT2D eigenvalue weighted by atomic mass is 10.1. The molecule has 0 saturated carbocycles. The first-order valence-electron chi connectivity index (χ1n) is 5.47. The molecule has 3 nitrogen and oxygen atoms in total. The van der Waals surface area contributed by atoms with Crippen LogP contribution in [0.1, 0.15) is 24.1 Å². The first-order valence-corrected chi connectivity index (χ1v) is 5.47. The number of nitrogens with zero attached hydrogens (tertiary/aromatic N) is 2. The van der Waals surface area contributed by atoms with Gasteiger partial charge in [-0.2, -0.15) is 5.10 Å². The zero-order valence-corrected chi connectivity index (χ0v) is 9.94. The minimum absolute atomic E-state index is 0.274. The molecule has 1 heterocycles. The molecule has 0 aliphatic rings. The summed E-state index contributed by atoms with van der Waals surface area (Å²) < 4.78 is 1.82. The third kappa shape index (κ3) is 2.42. The van der Waals surface area contributed by atoms with E-state index in [0.717, 1.165) is 5.69 Å². The van der Waals surface area contributed by atoms with E-state index in [4.69, 9.17) is 0 Å². The van der Waals surface area contributed by atoms with E-state index in [1.54, 1.807) is 0 Å². The van der Waals surface area contributed by atoms with Gasteiger partial charge in [-0.25, -0.2) is 0 Å². The maximum Gasteiger partial charge on any atom is 0.0542 e. The Hall–Kier alpha value is -1.77. The highest BCUT2D eigenvalue weighted by molar-refractivity contribution is 5.47. The molecule has 2 aromatic rings. The second-order valence-electron chi connectivity index (χ2n) is 4.18. The fourth-order valence-corrected chi connectivity index (χ4v) is 1.73. The van der Waals surface area contributed by atoms with E-state index in [9.17, 15) is 0 Å². The van der Waals surface area contributed by atoms with E-state index in [1.165, 1.54) is 11.1 Å². The van der Waals surface area contributed by atoms with E-state index in [1.807, 2.05) is 24.1 Å². The van der Waals surface area contributed by atoms with Gasteiger partial charge in [-0.05, 0) is 31.5 Å². The predicted molar refractivity (Wildman–Crippen MR) is 66.4 cm³/mol. The number of hydrogen-bond acceptors (Lipinski definition) is 2. The molecule has 2 rings (SSSR count). The summed E-state index contributed by atoms with van der Waals surface area (Å²) in [5.41, 5.74) is 3.61. The van der Waals surface area contributed by atoms with Crippen molar-refractivity contribution in [2.24, 2.45) is 7.05 Å². The van der Waals surface area contributed by atoms with Crippen LogP contribution >= 0.6 is 0 Å². The van der Waals surface area contributed by atoms with E-state index >= 15 is 0 Å². The Bertz CT molecular complexity index is 474.